The first-order valence-corrected chi connectivity index (χ1v) is 14.5. The van der Waals surface area contributed by atoms with E-state index in [-0.39, 0.29) is 16.3 Å². The van der Waals surface area contributed by atoms with Gasteiger partial charge in [0, 0.05) is 35.3 Å². The van der Waals surface area contributed by atoms with E-state index >= 15 is 0 Å². The van der Waals surface area contributed by atoms with E-state index in [9.17, 15) is 13.2 Å². The SMILES string of the molecule is CNS(=O)(=O)c1ccc(CNC(=O)N2CC3(CCCC3)c3cc(-c4cccc5n[nH]c(C)c45)ccc32)cc1. The number of benzene rings is 3. The summed E-state index contributed by atoms with van der Waals surface area (Å²) >= 11 is 0. The van der Waals surface area contributed by atoms with Crippen molar-refractivity contribution in [3.63, 3.8) is 0 Å². The number of aryl methyl sites for hydroxylation is 1. The van der Waals surface area contributed by atoms with Gasteiger partial charge in [-0.2, -0.15) is 5.10 Å². The molecule has 9 heteroatoms. The van der Waals surface area contributed by atoms with Crippen LogP contribution in [0.25, 0.3) is 22.0 Å². The van der Waals surface area contributed by atoms with Crippen LogP contribution in [-0.2, 0) is 22.0 Å². The van der Waals surface area contributed by atoms with Crippen LogP contribution in [0.2, 0.25) is 0 Å². The number of amides is 2. The van der Waals surface area contributed by atoms with Crippen molar-refractivity contribution < 1.29 is 13.2 Å². The third-order valence-electron chi connectivity index (χ3n) is 8.14. The summed E-state index contributed by atoms with van der Waals surface area (Å²) in [5.74, 6) is 0. The monoisotopic (exact) mass is 529 g/mol. The number of urea groups is 1. The fourth-order valence-electron chi connectivity index (χ4n) is 6.14. The normalized spacial score (nSPS) is 16.3. The maximum absolute atomic E-state index is 13.4. The first kappa shape index (κ1) is 24.6. The molecule has 1 saturated carbocycles. The van der Waals surface area contributed by atoms with E-state index in [1.807, 2.05) is 24.0 Å². The van der Waals surface area contributed by atoms with E-state index in [0.29, 0.717) is 13.1 Å². The molecule has 3 aromatic carbocycles. The van der Waals surface area contributed by atoms with Crippen molar-refractivity contribution in [3.05, 3.63) is 77.5 Å². The zero-order chi connectivity index (χ0) is 26.5. The Kier molecular flexibility index (Phi) is 6.00. The average molecular weight is 530 g/mol. The lowest BCUT2D eigenvalue weighted by molar-refractivity contribution is 0.245. The molecule has 196 valence electrons. The summed E-state index contributed by atoms with van der Waals surface area (Å²) in [6, 6.07) is 19.1. The molecular weight excluding hydrogens is 498 g/mol. The molecule has 2 aliphatic rings. The third kappa shape index (κ3) is 4.06. The molecule has 2 heterocycles. The molecule has 1 aromatic heterocycles. The number of nitrogens with one attached hydrogen (secondary N) is 3. The lowest BCUT2D eigenvalue weighted by Crippen LogP contribution is -2.41. The van der Waals surface area contributed by atoms with Crippen LogP contribution in [0.1, 0.15) is 42.5 Å². The van der Waals surface area contributed by atoms with Crippen molar-refractivity contribution in [1.29, 1.82) is 0 Å². The predicted molar refractivity (Wildman–Crippen MR) is 149 cm³/mol. The van der Waals surface area contributed by atoms with Gasteiger partial charge in [-0.3, -0.25) is 10.00 Å². The maximum atomic E-state index is 13.4. The van der Waals surface area contributed by atoms with Gasteiger partial charge in [0.15, 0.2) is 0 Å². The van der Waals surface area contributed by atoms with Crippen molar-refractivity contribution >= 4 is 32.6 Å². The molecule has 1 spiro atoms. The second-order valence-corrected chi connectivity index (χ2v) is 12.3. The summed E-state index contributed by atoms with van der Waals surface area (Å²) in [6.07, 6.45) is 4.47. The molecule has 3 N–H and O–H groups in total. The predicted octanol–water partition coefficient (Wildman–Crippen LogP) is 4.99. The summed E-state index contributed by atoms with van der Waals surface area (Å²) in [5.41, 5.74) is 7.33. The first-order chi connectivity index (χ1) is 18.3. The highest BCUT2D eigenvalue weighted by Crippen LogP contribution is 2.51. The molecule has 4 aromatic rings. The van der Waals surface area contributed by atoms with Crippen molar-refractivity contribution in [2.45, 2.75) is 49.5 Å². The van der Waals surface area contributed by atoms with Crippen LogP contribution in [0.3, 0.4) is 0 Å². The number of rotatable bonds is 5. The molecule has 6 rings (SSSR count). The zero-order valence-electron chi connectivity index (χ0n) is 21.5. The van der Waals surface area contributed by atoms with Crippen LogP contribution in [0, 0.1) is 6.92 Å². The van der Waals surface area contributed by atoms with Gasteiger partial charge in [0.2, 0.25) is 10.0 Å². The van der Waals surface area contributed by atoms with E-state index in [4.69, 9.17) is 0 Å². The molecule has 1 fully saturated rings. The van der Waals surface area contributed by atoms with Gasteiger partial charge in [-0.1, -0.05) is 43.2 Å². The summed E-state index contributed by atoms with van der Waals surface area (Å²) in [5, 5.41) is 11.7. The second-order valence-electron chi connectivity index (χ2n) is 10.4. The second kappa shape index (κ2) is 9.25. The highest BCUT2D eigenvalue weighted by atomic mass is 32.2. The third-order valence-corrected chi connectivity index (χ3v) is 9.57. The van der Waals surface area contributed by atoms with Crippen LogP contribution < -0.4 is 14.9 Å². The van der Waals surface area contributed by atoms with Gasteiger partial charge in [0.25, 0.3) is 0 Å². The van der Waals surface area contributed by atoms with Crippen LogP contribution >= 0.6 is 0 Å². The molecule has 8 nitrogen and oxygen atoms in total. The summed E-state index contributed by atoms with van der Waals surface area (Å²) in [7, 11) is -2.11. The van der Waals surface area contributed by atoms with E-state index in [1.54, 1.807) is 24.3 Å². The average Bonchev–Trinajstić information content (AvgIpc) is 3.66. The largest absolute Gasteiger partial charge is 0.334 e. The number of fused-ring (bicyclic) bond motifs is 3. The minimum absolute atomic E-state index is 0.0226. The van der Waals surface area contributed by atoms with E-state index < -0.39 is 10.0 Å². The summed E-state index contributed by atoms with van der Waals surface area (Å²) < 4.78 is 26.3. The molecule has 1 aliphatic carbocycles. The summed E-state index contributed by atoms with van der Waals surface area (Å²) in [6.45, 7) is 3.03. The maximum Gasteiger partial charge on any atom is 0.322 e. The van der Waals surface area contributed by atoms with E-state index in [2.05, 4.69) is 44.5 Å². The number of nitrogens with zero attached hydrogens (tertiary/aromatic N) is 2. The standard InChI is InChI=1S/C29H31N5O3S/c1-19-27-23(6-5-7-25(27)33-32-19)21-10-13-26-24(16-21)29(14-3-4-15-29)18-34(26)28(35)31-17-20-8-11-22(12-9-20)38(36,37)30-2/h5-13,16,30H,3-4,14-15,17-18H2,1-2H3,(H,31,35)(H,32,33). The van der Waals surface area contributed by atoms with Crippen LogP contribution in [-0.4, -0.2) is 38.2 Å². The van der Waals surface area contributed by atoms with Crippen LogP contribution in [0.5, 0.6) is 0 Å². The van der Waals surface area contributed by atoms with Crippen molar-refractivity contribution in [1.82, 2.24) is 20.2 Å². The molecule has 2 amide bonds. The van der Waals surface area contributed by atoms with Crippen LogP contribution in [0.4, 0.5) is 10.5 Å². The van der Waals surface area contributed by atoms with E-state index in [0.717, 1.165) is 64.7 Å². The number of hydrogen-bond donors (Lipinski definition) is 3. The Bertz CT molecular complexity index is 1640. The van der Waals surface area contributed by atoms with Gasteiger partial charge in [-0.25, -0.2) is 17.9 Å². The van der Waals surface area contributed by atoms with Crippen molar-refractivity contribution in [3.8, 4) is 11.1 Å². The quantitative estimate of drug-likeness (QED) is 0.339. The van der Waals surface area contributed by atoms with Gasteiger partial charge in [0.05, 0.1) is 10.4 Å². The number of hydrogen-bond acceptors (Lipinski definition) is 4. The molecule has 0 atom stereocenters. The fourth-order valence-corrected chi connectivity index (χ4v) is 6.87. The van der Waals surface area contributed by atoms with Crippen LogP contribution in [0.15, 0.2) is 65.6 Å². The Morgan fingerprint density at radius 3 is 2.58 bits per heavy atom. The van der Waals surface area contributed by atoms with Gasteiger partial charge in [-0.15, -0.1) is 0 Å². The first-order valence-electron chi connectivity index (χ1n) is 13.0. The minimum atomic E-state index is -3.49. The lowest BCUT2D eigenvalue weighted by Gasteiger charge is -2.25. The summed E-state index contributed by atoms with van der Waals surface area (Å²) in [4.78, 5) is 15.5. The number of sulfonamides is 1. The number of anilines is 1. The Balaban J connectivity index is 1.28. The van der Waals surface area contributed by atoms with E-state index in [1.165, 1.54) is 12.6 Å². The number of aromatic amines is 1. The molecular formula is C29H31N5O3S. The van der Waals surface area contributed by atoms with Crippen molar-refractivity contribution in [2.75, 3.05) is 18.5 Å². The lowest BCUT2D eigenvalue weighted by atomic mass is 9.80. The van der Waals surface area contributed by atoms with Gasteiger partial charge >= 0.3 is 6.03 Å². The molecule has 1 aliphatic heterocycles. The molecule has 0 bridgehead atoms. The fraction of sp³-hybridized carbons (Fsp3) is 0.310. The number of H-pyrrole nitrogens is 1. The number of carbonyl (C=O) groups is 1. The van der Waals surface area contributed by atoms with Gasteiger partial charge in [-0.05, 0) is 79.4 Å². The number of aromatic nitrogens is 2. The Labute approximate surface area is 222 Å². The van der Waals surface area contributed by atoms with Crippen molar-refractivity contribution in [2.24, 2.45) is 0 Å². The number of carbonyl (C=O) groups excluding carboxylic acids is 1. The molecule has 38 heavy (non-hydrogen) atoms. The smallest absolute Gasteiger partial charge is 0.322 e. The highest BCUT2D eigenvalue weighted by molar-refractivity contribution is 7.89. The zero-order valence-corrected chi connectivity index (χ0v) is 22.4. The Morgan fingerprint density at radius 2 is 1.84 bits per heavy atom. The molecule has 0 radical (unpaired) electrons. The highest BCUT2D eigenvalue weighted by Gasteiger charge is 2.46. The molecule has 0 unspecified atom stereocenters. The van der Waals surface area contributed by atoms with Gasteiger partial charge in [0.1, 0.15) is 0 Å². The topological polar surface area (TPSA) is 107 Å². The minimum Gasteiger partial charge on any atom is -0.334 e. The Hall–Kier alpha value is -3.69. The molecule has 0 saturated heterocycles. The Morgan fingerprint density at radius 1 is 1.08 bits per heavy atom. The van der Waals surface area contributed by atoms with Gasteiger partial charge < -0.3 is 5.32 Å².